The Bertz CT molecular complexity index is 1170. The molecule has 4 heterocycles. The summed E-state index contributed by atoms with van der Waals surface area (Å²) in [7, 11) is 0. The van der Waals surface area contributed by atoms with Crippen LogP contribution >= 0.6 is 0 Å². The van der Waals surface area contributed by atoms with Crippen LogP contribution in [0.2, 0.25) is 0 Å². The first-order valence-corrected chi connectivity index (χ1v) is 12.9. The second kappa shape index (κ2) is 13.5. The Labute approximate surface area is 217 Å². The van der Waals surface area contributed by atoms with Crippen LogP contribution in [0.5, 0.6) is 0 Å². The average Bonchev–Trinajstić information content (AvgIpc) is 3.23. The number of anilines is 1. The second-order valence-electron chi connectivity index (χ2n) is 9.65. The van der Waals surface area contributed by atoms with Crippen LogP contribution in [-0.4, -0.2) is 61.9 Å². The summed E-state index contributed by atoms with van der Waals surface area (Å²) >= 11 is 0. The molecule has 37 heavy (non-hydrogen) atoms. The molecule has 0 spiro atoms. The van der Waals surface area contributed by atoms with Crippen LogP contribution in [0.25, 0.3) is 16.8 Å². The first-order chi connectivity index (χ1) is 17.7. The van der Waals surface area contributed by atoms with Gasteiger partial charge >= 0.3 is 0 Å². The number of hydrogen-bond donors (Lipinski definition) is 1. The van der Waals surface area contributed by atoms with Crippen molar-refractivity contribution in [2.24, 2.45) is 4.99 Å². The molecule has 7 nitrogen and oxygen atoms in total. The third-order valence-corrected chi connectivity index (χ3v) is 6.41. The maximum atomic E-state index is 12.9. The minimum Gasteiger partial charge on any atom is -0.367 e. The van der Waals surface area contributed by atoms with Gasteiger partial charge in [0.15, 0.2) is 0 Å². The van der Waals surface area contributed by atoms with E-state index >= 15 is 0 Å². The number of alkyl halides is 3. The molecule has 1 aliphatic carbocycles. The molecule has 0 radical (unpaired) electrons. The van der Waals surface area contributed by atoms with Crippen molar-refractivity contribution in [2.75, 3.05) is 18.8 Å². The van der Waals surface area contributed by atoms with Crippen molar-refractivity contribution >= 4 is 22.9 Å². The van der Waals surface area contributed by atoms with Gasteiger partial charge < -0.3 is 5.73 Å². The van der Waals surface area contributed by atoms with E-state index in [1.807, 2.05) is 45.2 Å². The Kier molecular flexibility index (Phi) is 10.4. The molecule has 5 rings (SSSR count). The van der Waals surface area contributed by atoms with Crippen LogP contribution in [0.3, 0.4) is 0 Å². The molecule has 0 bridgehead atoms. The lowest BCUT2D eigenvalue weighted by molar-refractivity contribution is 0.0620. The largest absolute Gasteiger partial charge is 0.367 e. The minimum absolute atomic E-state index is 0.0278. The Morgan fingerprint density at radius 3 is 2.46 bits per heavy atom. The van der Waals surface area contributed by atoms with Crippen molar-refractivity contribution in [1.29, 1.82) is 0 Å². The molecule has 0 unspecified atom stereocenters. The lowest BCUT2D eigenvalue weighted by Gasteiger charge is -2.40. The van der Waals surface area contributed by atoms with Crippen molar-refractivity contribution in [2.45, 2.75) is 84.9 Å². The van der Waals surface area contributed by atoms with Gasteiger partial charge in [-0.15, -0.1) is 5.10 Å². The molecule has 1 saturated carbocycles. The molecule has 2 fully saturated rings. The van der Waals surface area contributed by atoms with E-state index in [0.717, 1.165) is 59.3 Å². The smallest absolute Gasteiger partial charge is 0.238 e. The SMILES string of the molecule is CC(C)=Nc1ccc(-c2ccn3nc(N)ncc23)nc1C.CCC(F)F.F[C@@H]1CCCN(C2CCC2)C1. The number of rotatable bonds is 4. The molecular weight excluding hydrogens is 479 g/mol. The Balaban J connectivity index is 0.000000197. The molecule has 10 heteroatoms. The molecule has 0 amide bonds. The summed E-state index contributed by atoms with van der Waals surface area (Å²) in [5.74, 6) is 0.247. The fourth-order valence-corrected chi connectivity index (χ4v) is 4.23. The lowest BCUT2D eigenvalue weighted by Crippen LogP contribution is -2.46. The number of hydrogen-bond acceptors (Lipinski definition) is 6. The maximum Gasteiger partial charge on any atom is 0.238 e. The van der Waals surface area contributed by atoms with E-state index in [9.17, 15) is 13.2 Å². The van der Waals surface area contributed by atoms with Gasteiger partial charge in [0.25, 0.3) is 0 Å². The van der Waals surface area contributed by atoms with Crippen LogP contribution in [0, 0.1) is 6.92 Å². The molecule has 2 N–H and O–H groups in total. The van der Waals surface area contributed by atoms with E-state index in [0.29, 0.717) is 6.54 Å². The summed E-state index contributed by atoms with van der Waals surface area (Å²) in [4.78, 5) is 15.5. The Morgan fingerprint density at radius 1 is 1.16 bits per heavy atom. The van der Waals surface area contributed by atoms with Gasteiger partial charge in [-0.3, -0.25) is 14.9 Å². The van der Waals surface area contributed by atoms with Crippen LogP contribution in [-0.2, 0) is 0 Å². The quantitative estimate of drug-likeness (QED) is 0.403. The minimum atomic E-state index is -2.12. The molecule has 3 aromatic heterocycles. The molecule has 202 valence electrons. The zero-order chi connectivity index (χ0) is 26.9. The normalized spacial score (nSPS) is 17.9. The first kappa shape index (κ1) is 28.6. The third-order valence-electron chi connectivity index (χ3n) is 6.41. The summed E-state index contributed by atoms with van der Waals surface area (Å²) in [5, 5.41) is 4.13. The zero-order valence-electron chi connectivity index (χ0n) is 22.2. The molecule has 2 aliphatic rings. The summed E-state index contributed by atoms with van der Waals surface area (Å²) in [5.41, 5.74) is 11.1. The lowest BCUT2D eigenvalue weighted by atomic mass is 9.90. The van der Waals surface area contributed by atoms with Crippen molar-refractivity contribution in [1.82, 2.24) is 24.5 Å². The number of aromatic nitrogens is 4. The number of aliphatic imine (C=N–C) groups is 1. The van der Waals surface area contributed by atoms with Crippen molar-refractivity contribution in [3.8, 4) is 11.3 Å². The molecule has 1 saturated heterocycles. The summed E-state index contributed by atoms with van der Waals surface area (Å²) < 4.78 is 36.1. The zero-order valence-corrected chi connectivity index (χ0v) is 22.2. The van der Waals surface area contributed by atoms with Crippen molar-refractivity contribution in [3.63, 3.8) is 0 Å². The van der Waals surface area contributed by atoms with E-state index in [2.05, 4.69) is 25.0 Å². The van der Waals surface area contributed by atoms with Gasteiger partial charge in [-0.05, 0) is 71.2 Å². The molecule has 3 aromatic rings. The van der Waals surface area contributed by atoms with Crippen LogP contribution in [0.4, 0.5) is 24.8 Å². The monoisotopic (exact) mass is 517 g/mol. The van der Waals surface area contributed by atoms with Crippen molar-refractivity contribution in [3.05, 3.63) is 36.3 Å². The number of nitrogens with two attached hydrogens (primary N) is 1. The predicted octanol–water partition coefficient (Wildman–Crippen LogP) is 6.43. The van der Waals surface area contributed by atoms with E-state index in [1.54, 1.807) is 10.7 Å². The van der Waals surface area contributed by atoms with E-state index in [4.69, 9.17) is 5.73 Å². The fraction of sp³-hybridized carbons (Fsp3) is 0.556. The molecule has 1 aliphatic heterocycles. The van der Waals surface area contributed by atoms with Crippen LogP contribution in [0.15, 0.2) is 35.6 Å². The topological polar surface area (TPSA) is 84.7 Å². The van der Waals surface area contributed by atoms with Crippen LogP contribution in [0.1, 0.15) is 65.0 Å². The molecular formula is C27H38F3N7. The number of nitrogens with zero attached hydrogens (tertiary/aromatic N) is 6. The standard InChI is InChI=1S/C15H16N6.C9H16FN.C3H6F2/c1-9(2)18-12-4-5-13(19-10(12)3)11-6-7-21-14(11)8-17-15(16)20-21;10-8-3-2-6-11(7-8)9-4-1-5-9;1-2-3(4)5/h4-8H,1-3H3,(H2,16,20);8-9H,1-7H2;3H,2H2,1H3/t;8-;/m.1./s1. The average molecular weight is 518 g/mol. The van der Waals surface area contributed by atoms with Gasteiger partial charge in [-0.2, -0.15) is 0 Å². The Morgan fingerprint density at radius 2 is 1.89 bits per heavy atom. The number of piperidine rings is 1. The second-order valence-corrected chi connectivity index (χ2v) is 9.65. The maximum absolute atomic E-state index is 12.9. The summed E-state index contributed by atoms with van der Waals surface area (Å²) in [6.45, 7) is 9.20. The number of halogens is 3. The summed E-state index contributed by atoms with van der Waals surface area (Å²) in [6, 6.07) is 6.64. The van der Waals surface area contributed by atoms with Gasteiger partial charge in [0.2, 0.25) is 12.4 Å². The predicted molar refractivity (Wildman–Crippen MR) is 143 cm³/mol. The van der Waals surface area contributed by atoms with Gasteiger partial charge in [0, 0.05) is 36.5 Å². The first-order valence-electron chi connectivity index (χ1n) is 12.9. The van der Waals surface area contributed by atoms with Crippen LogP contribution < -0.4 is 5.73 Å². The number of likely N-dealkylation sites (tertiary alicyclic amines) is 1. The van der Waals surface area contributed by atoms with E-state index in [1.165, 1.54) is 26.2 Å². The van der Waals surface area contributed by atoms with Gasteiger partial charge in [0.05, 0.1) is 28.8 Å². The number of pyridine rings is 1. The van der Waals surface area contributed by atoms with Gasteiger partial charge in [0.1, 0.15) is 6.17 Å². The highest BCUT2D eigenvalue weighted by atomic mass is 19.3. The molecule has 1 atom stereocenters. The van der Waals surface area contributed by atoms with Gasteiger partial charge in [-0.1, -0.05) is 13.3 Å². The number of aryl methyl sites for hydroxylation is 1. The Hall–Kier alpha value is -3.01. The number of fused-ring (bicyclic) bond motifs is 1. The number of nitrogen functional groups attached to an aromatic ring is 1. The van der Waals surface area contributed by atoms with Gasteiger partial charge in [-0.25, -0.2) is 22.7 Å². The summed E-state index contributed by atoms with van der Waals surface area (Å²) in [6.07, 6.45) is 6.72. The molecule has 0 aromatic carbocycles. The van der Waals surface area contributed by atoms with Crippen molar-refractivity contribution < 1.29 is 13.2 Å². The fourth-order valence-electron chi connectivity index (χ4n) is 4.23. The third kappa shape index (κ3) is 8.24. The van der Waals surface area contributed by atoms with E-state index in [-0.39, 0.29) is 12.4 Å². The highest BCUT2D eigenvalue weighted by molar-refractivity contribution is 5.83. The highest BCUT2D eigenvalue weighted by Gasteiger charge is 2.29. The highest BCUT2D eigenvalue weighted by Crippen LogP contribution is 2.28. The van der Waals surface area contributed by atoms with E-state index < -0.39 is 12.6 Å².